The van der Waals surface area contributed by atoms with Gasteiger partial charge in [0.2, 0.25) is 0 Å². The van der Waals surface area contributed by atoms with Crippen LogP contribution in [0.25, 0.3) is 11.0 Å². The van der Waals surface area contributed by atoms with Crippen molar-refractivity contribution in [3.8, 4) is 0 Å². The van der Waals surface area contributed by atoms with Gasteiger partial charge in [-0.25, -0.2) is 0 Å². The van der Waals surface area contributed by atoms with Crippen molar-refractivity contribution in [2.75, 3.05) is 31.1 Å². The molecule has 1 amide bonds. The third kappa shape index (κ3) is 2.98. The van der Waals surface area contributed by atoms with Crippen LogP contribution in [0.3, 0.4) is 0 Å². The molecule has 5 nitrogen and oxygen atoms in total. The van der Waals surface area contributed by atoms with Gasteiger partial charge in [-0.15, -0.1) is 0 Å². The number of furan rings is 1. The number of fused-ring (bicyclic) bond motifs is 1. The first-order valence-corrected chi connectivity index (χ1v) is 8.58. The van der Waals surface area contributed by atoms with Crippen LogP contribution in [0.15, 0.2) is 52.9 Å². The van der Waals surface area contributed by atoms with E-state index in [0.717, 1.165) is 54.0 Å². The number of carbonyl (C=O) groups excluding carboxylic acids is 1. The van der Waals surface area contributed by atoms with E-state index in [2.05, 4.69) is 10.2 Å². The Morgan fingerprint density at radius 2 is 1.84 bits per heavy atom. The molecule has 0 aliphatic carbocycles. The van der Waals surface area contributed by atoms with Gasteiger partial charge in [-0.2, -0.15) is 0 Å². The van der Waals surface area contributed by atoms with E-state index in [0.29, 0.717) is 6.42 Å². The van der Waals surface area contributed by atoms with Crippen molar-refractivity contribution < 1.29 is 9.21 Å². The molecule has 0 bridgehead atoms. The molecule has 128 valence electrons. The zero-order valence-electron chi connectivity index (χ0n) is 14.0. The van der Waals surface area contributed by atoms with Gasteiger partial charge >= 0.3 is 0 Å². The van der Waals surface area contributed by atoms with Crippen molar-refractivity contribution >= 4 is 22.6 Å². The fraction of sp³-hybridized carbons (Fsp3) is 0.250. The summed E-state index contributed by atoms with van der Waals surface area (Å²) in [5, 5.41) is 4.32. The SMILES string of the molecule is NC(=O)c1oc2c(N3CCNCC3)cccc2c1Cc1ccccc1. The second-order valence-electron chi connectivity index (χ2n) is 6.33. The lowest BCUT2D eigenvalue weighted by molar-refractivity contribution is 0.0975. The average Bonchev–Trinajstić information content (AvgIpc) is 3.02. The highest BCUT2D eigenvalue weighted by molar-refractivity contribution is 6.01. The van der Waals surface area contributed by atoms with Gasteiger partial charge in [0.25, 0.3) is 5.91 Å². The predicted octanol–water partition coefficient (Wildman–Crippen LogP) is 2.53. The Morgan fingerprint density at radius 3 is 2.56 bits per heavy atom. The van der Waals surface area contributed by atoms with E-state index in [1.807, 2.05) is 48.5 Å². The van der Waals surface area contributed by atoms with Gasteiger partial charge in [-0.05, 0) is 11.6 Å². The number of para-hydroxylation sites is 1. The summed E-state index contributed by atoms with van der Waals surface area (Å²) in [5.74, 6) is -0.255. The monoisotopic (exact) mass is 335 g/mol. The van der Waals surface area contributed by atoms with Gasteiger partial charge in [-0.1, -0.05) is 42.5 Å². The van der Waals surface area contributed by atoms with Crippen molar-refractivity contribution in [3.63, 3.8) is 0 Å². The zero-order chi connectivity index (χ0) is 17.2. The lowest BCUT2D eigenvalue weighted by Crippen LogP contribution is -2.43. The van der Waals surface area contributed by atoms with E-state index < -0.39 is 5.91 Å². The minimum atomic E-state index is -0.520. The standard InChI is InChI=1S/C20H21N3O2/c21-20(24)19-16(13-14-5-2-1-3-6-14)15-7-4-8-17(18(15)25-19)23-11-9-22-10-12-23/h1-8,22H,9-13H2,(H2,21,24). The first kappa shape index (κ1) is 15.7. The number of benzene rings is 2. The molecule has 1 aliphatic heterocycles. The fourth-order valence-corrected chi connectivity index (χ4v) is 3.48. The molecule has 1 aromatic heterocycles. The van der Waals surface area contributed by atoms with Gasteiger partial charge in [0, 0.05) is 43.5 Å². The Kier molecular flexibility index (Phi) is 4.15. The summed E-state index contributed by atoms with van der Waals surface area (Å²) in [6.07, 6.45) is 0.622. The van der Waals surface area contributed by atoms with Gasteiger partial charge in [0.15, 0.2) is 11.3 Å². The van der Waals surface area contributed by atoms with Gasteiger partial charge < -0.3 is 20.4 Å². The number of hydrogen-bond donors (Lipinski definition) is 2. The molecule has 0 atom stereocenters. The maximum atomic E-state index is 12.0. The van der Waals surface area contributed by atoms with E-state index in [4.69, 9.17) is 10.2 Å². The van der Waals surface area contributed by atoms with Gasteiger partial charge in [0.05, 0.1) is 5.69 Å². The normalized spacial score (nSPS) is 14.8. The largest absolute Gasteiger partial charge is 0.448 e. The molecule has 0 saturated carbocycles. The van der Waals surface area contributed by atoms with E-state index in [9.17, 15) is 4.79 Å². The van der Waals surface area contributed by atoms with Crippen molar-refractivity contribution in [1.82, 2.24) is 5.32 Å². The third-order valence-corrected chi connectivity index (χ3v) is 4.70. The number of nitrogens with two attached hydrogens (primary N) is 1. The van der Waals surface area contributed by atoms with Crippen LogP contribution in [0.4, 0.5) is 5.69 Å². The van der Waals surface area contributed by atoms with E-state index in [1.54, 1.807) is 0 Å². The number of hydrogen-bond acceptors (Lipinski definition) is 4. The number of anilines is 1. The maximum absolute atomic E-state index is 12.0. The van der Waals surface area contributed by atoms with Crippen LogP contribution >= 0.6 is 0 Å². The number of nitrogens with one attached hydrogen (secondary N) is 1. The second-order valence-corrected chi connectivity index (χ2v) is 6.33. The lowest BCUT2D eigenvalue weighted by atomic mass is 10.0. The topological polar surface area (TPSA) is 71.5 Å². The molecule has 5 heteroatoms. The van der Waals surface area contributed by atoms with E-state index in [-0.39, 0.29) is 5.76 Å². The van der Waals surface area contributed by atoms with Gasteiger partial charge in [-0.3, -0.25) is 4.79 Å². The molecule has 3 aromatic rings. The molecule has 0 radical (unpaired) electrons. The van der Waals surface area contributed by atoms with Crippen molar-refractivity contribution in [2.24, 2.45) is 5.73 Å². The Balaban J connectivity index is 1.83. The third-order valence-electron chi connectivity index (χ3n) is 4.70. The Bertz CT molecular complexity index is 896. The number of amides is 1. The van der Waals surface area contributed by atoms with Crippen LogP contribution in [0.2, 0.25) is 0 Å². The van der Waals surface area contributed by atoms with Crippen LogP contribution in [0.5, 0.6) is 0 Å². The summed E-state index contributed by atoms with van der Waals surface area (Å²) < 4.78 is 5.98. The Hall–Kier alpha value is -2.79. The first-order valence-electron chi connectivity index (χ1n) is 8.58. The van der Waals surface area contributed by atoms with Crippen molar-refractivity contribution in [2.45, 2.75) is 6.42 Å². The molecular weight excluding hydrogens is 314 g/mol. The molecular formula is C20H21N3O2. The smallest absolute Gasteiger partial charge is 0.284 e. The van der Waals surface area contributed by atoms with Crippen molar-refractivity contribution in [1.29, 1.82) is 0 Å². The molecule has 25 heavy (non-hydrogen) atoms. The van der Waals surface area contributed by atoms with Crippen LogP contribution in [-0.2, 0) is 6.42 Å². The first-order chi connectivity index (χ1) is 12.2. The summed E-state index contributed by atoms with van der Waals surface area (Å²) in [7, 11) is 0. The van der Waals surface area contributed by atoms with Crippen LogP contribution in [-0.4, -0.2) is 32.1 Å². The summed E-state index contributed by atoms with van der Waals surface area (Å²) in [6, 6.07) is 16.1. The van der Waals surface area contributed by atoms with Crippen LogP contribution < -0.4 is 16.0 Å². The zero-order valence-corrected chi connectivity index (χ0v) is 14.0. The highest BCUT2D eigenvalue weighted by atomic mass is 16.3. The molecule has 3 N–H and O–H groups in total. The average molecular weight is 335 g/mol. The van der Waals surface area contributed by atoms with Crippen LogP contribution in [0, 0.1) is 0 Å². The highest BCUT2D eigenvalue weighted by Crippen LogP contribution is 2.34. The molecule has 1 saturated heterocycles. The molecule has 0 unspecified atom stereocenters. The summed E-state index contributed by atoms with van der Waals surface area (Å²) in [5.41, 5.74) is 9.38. The van der Waals surface area contributed by atoms with Crippen molar-refractivity contribution in [3.05, 3.63) is 65.4 Å². The number of primary amides is 1. The maximum Gasteiger partial charge on any atom is 0.284 e. The second kappa shape index (κ2) is 6.61. The lowest BCUT2D eigenvalue weighted by Gasteiger charge is -2.29. The molecule has 0 spiro atoms. The Morgan fingerprint density at radius 1 is 1.08 bits per heavy atom. The molecule has 1 fully saturated rings. The summed E-state index contributed by atoms with van der Waals surface area (Å²) >= 11 is 0. The summed E-state index contributed by atoms with van der Waals surface area (Å²) in [4.78, 5) is 14.3. The molecule has 1 aliphatic rings. The number of nitrogens with zero attached hydrogens (tertiary/aromatic N) is 1. The van der Waals surface area contributed by atoms with E-state index >= 15 is 0 Å². The van der Waals surface area contributed by atoms with Gasteiger partial charge in [0.1, 0.15) is 0 Å². The number of carbonyl (C=O) groups is 1. The molecule has 4 rings (SSSR count). The minimum Gasteiger partial charge on any atom is -0.448 e. The Labute approximate surface area is 146 Å². The summed E-state index contributed by atoms with van der Waals surface area (Å²) in [6.45, 7) is 3.72. The van der Waals surface area contributed by atoms with E-state index in [1.165, 1.54) is 0 Å². The highest BCUT2D eigenvalue weighted by Gasteiger charge is 2.23. The fourth-order valence-electron chi connectivity index (χ4n) is 3.48. The number of piperazine rings is 1. The number of rotatable bonds is 4. The predicted molar refractivity (Wildman–Crippen MR) is 99.1 cm³/mol. The molecule has 2 heterocycles. The minimum absolute atomic E-state index is 0.265. The quantitative estimate of drug-likeness (QED) is 0.768. The molecule has 2 aromatic carbocycles. The van der Waals surface area contributed by atoms with Crippen LogP contribution in [0.1, 0.15) is 21.7 Å².